The van der Waals surface area contributed by atoms with Crippen LogP contribution in [0.3, 0.4) is 0 Å². The summed E-state index contributed by atoms with van der Waals surface area (Å²) in [5.41, 5.74) is 2.84. The molecule has 0 aliphatic carbocycles. The van der Waals surface area contributed by atoms with E-state index in [9.17, 15) is 4.79 Å². The van der Waals surface area contributed by atoms with E-state index in [1.807, 2.05) is 49.3 Å². The molecule has 7 nitrogen and oxygen atoms in total. The number of fused-ring (bicyclic) bond motifs is 1. The number of halogens is 1. The molecule has 0 unspecified atom stereocenters. The summed E-state index contributed by atoms with van der Waals surface area (Å²) in [6.45, 7) is 0. The van der Waals surface area contributed by atoms with Crippen molar-refractivity contribution < 1.29 is 4.79 Å². The van der Waals surface area contributed by atoms with Gasteiger partial charge in [0.05, 0.1) is 11.3 Å². The lowest BCUT2D eigenvalue weighted by molar-refractivity contribution is -0.114. The Kier molecular flexibility index (Phi) is 4.86. The predicted molar refractivity (Wildman–Crippen MR) is 117 cm³/mol. The van der Waals surface area contributed by atoms with Gasteiger partial charge < -0.3 is 4.90 Å². The maximum absolute atomic E-state index is 12.5. The van der Waals surface area contributed by atoms with Gasteiger partial charge in [0.2, 0.25) is 5.17 Å². The lowest BCUT2D eigenvalue weighted by Gasteiger charge is -2.20. The Morgan fingerprint density at radius 2 is 2.11 bits per heavy atom. The molecule has 0 atom stereocenters. The standard InChI is InChI=1S/C19H15BrN6OS/c1-25(2)15-6-5-11(9-14(15)20)8-13-16(21)26-19(23-17(13)27)28-18(24-26)12-4-3-7-22-10-12/h3-10,21H,1-2H3. The molecule has 140 valence electrons. The maximum atomic E-state index is 12.5. The minimum atomic E-state index is -0.445. The first-order valence-corrected chi connectivity index (χ1v) is 9.92. The summed E-state index contributed by atoms with van der Waals surface area (Å²) >= 11 is 4.80. The van der Waals surface area contributed by atoms with Crippen LogP contribution in [0.1, 0.15) is 11.1 Å². The second-order valence-electron chi connectivity index (χ2n) is 6.27. The van der Waals surface area contributed by atoms with Crippen LogP contribution in [0, 0.1) is 5.41 Å². The quantitative estimate of drug-likeness (QED) is 0.716. The topological polar surface area (TPSA) is 85.0 Å². The fraction of sp³-hybridized carbons (Fsp3) is 0.105. The molecule has 1 aromatic heterocycles. The van der Waals surface area contributed by atoms with Gasteiger partial charge in [-0.05, 0) is 63.6 Å². The van der Waals surface area contributed by atoms with Gasteiger partial charge in [-0.25, -0.2) is 0 Å². The molecule has 28 heavy (non-hydrogen) atoms. The monoisotopic (exact) mass is 454 g/mol. The Bertz CT molecular complexity index is 1080. The molecule has 9 heteroatoms. The van der Waals surface area contributed by atoms with Crippen LogP contribution < -0.4 is 4.90 Å². The van der Waals surface area contributed by atoms with Gasteiger partial charge in [-0.1, -0.05) is 6.07 Å². The van der Waals surface area contributed by atoms with Crippen LogP contribution in [0.15, 0.2) is 62.9 Å². The van der Waals surface area contributed by atoms with E-state index in [4.69, 9.17) is 5.41 Å². The van der Waals surface area contributed by atoms with Crippen molar-refractivity contribution in [3.63, 3.8) is 0 Å². The van der Waals surface area contributed by atoms with Crippen LogP contribution in [-0.4, -0.2) is 46.0 Å². The predicted octanol–water partition coefficient (Wildman–Crippen LogP) is 3.58. The molecule has 1 N–H and O–H groups in total. The SMILES string of the molecule is CN(C)c1ccc(C=C2C(=N)N3N=C(c4cccnc4)SC3=NC2=O)cc1Br. The molecule has 1 aromatic carbocycles. The number of aromatic nitrogens is 1. The summed E-state index contributed by atoms with van der Waals surface area (Å²) in [6, 6.07) is 9.45. The highest BCUT2D eigenvalue weighted by molar-refractivity contribution is 9.10. The molecule has 0 saturated heterocycles. The van der Waals surface area contributed by atoms with Gasteiger partial charge in [0, 0.05) is 36.5 Å². The Balaban J connectivity index is 1.67. The molecule has 1 amide bonds. The number of rotatable bonds is 3. The Morgan fingerprint density at radius 3 is 2.79 bits per heavy atom. The molecule has 3 heterocycles. The average Bonchev–Trinajstić information content (AvgIpc) is 3.10. The third-order valence-corrected chi connectivity index (χ3v) is 5.72. The van der Waals surface area contributed by atoms with Crippen LogP contribution in [0.5, 0.6) is 0 Å². The smallest absolute Gasteiger partial charge is 0.283 e. The Hall–Kier alpha value is -2.78. The average molecular weight is 455 g/mol. The number of aliphatic imine (C=N–C) groups is 1. The molecule has 2 aliphatic rings. The van der Waals surface area contributed by atoms with Crippen LogP contribution in [0.2, 0.25) is 0 Å². The van der Waals surface area contributed by atoms with E-state index in [0.29, 0.717) is 10.2 Å². The molecule has 2 aliphatic heterocycles. The molecular weight excluding hydrogens is 440 g/mol. The zero-order valence-electron chi connectivity index (χ0n) is 15.0. The number of nitrogens with one attached hydrogen (secondary N) is 1. The van der Waals surface area contributed by atoms with E-state index in [1.54, 1.807) is 18.5 Å². The molecule has 0 spiro atoms. The zero-order chi connectivity index (χ0) is 19.8. The van der Waals surface area contributed by atoms with Crippen molar-refractivity contribution >= 4 is 61.4 Å². The van der Waals surface area contributed by atoms with Gasteiger partial charge in [0.1, 0.15) is 5.04 Å². The van der Waals surface area contributed by atoms with Crippen molar-refractivity contribution in [2.24, 2.45) is 10.1 Å². The third kappa shape index (κ3) is 3.38. The zero-order valence-corrected chi connectivity index (χ0v) is 17.5. The lowest BCUT2D eigenvalue weighted by Crippen LogP contribution is -2.35. The summed E-state index contributed by atoms with van der Waals surface area (Å²) < 4.78 is 0.902. The molecule has 0 bridgehead atoms. The number of thioether (sulfide) groups is 1. The Morgan fingerprint density at radius 1 is 1.29 bits per heavy atom. The van der Waals surface area contributed by atoms with Crippen LogP contribution in [0.4, 0.5) is 5.69 Å². The highest BCUT2D eigenvalue weighted by Crippen LogP contribution is 2.31. The van der Waals surface area contributed by atoms with Gasteiger partial charge in [-0.15, -0.1) is 0 Å². The second-order valence-corrected chi connectivity index (χ2v) is 8.08. The van der Waals surface area contributed by atoms with Crippen molar-refractivity contribution in [3.05, 3.63) is 63.9 Å². The van der Waals surface area contributed by atoms with Crippen molar-refractivity contribution in [1.29, 1.82) is 5.41 Å². The number of pyridine rings is 1. The maximum Gasteiger partial charge on any atom is 0.283 e. The number of carbonyl (C=O) groups is 1. The fourth-order valence-corrected chi connectivity index (χ4v) is 4.37. The molecule has 2 aromatic rings. The fourth-order valence-electron chi connectivity index (χ4n) is 2.74. The summed E-state index contributed by atoms with van der Waals surface area (Å²) in [6.07, 6.45) is 5.04. The van der Waals surface area contributed by atoms with E-state index < -0.39 is 5.91 Å². The number of hydrogen-bond acceptors (Lipinski definition) is 6. The number of amides is 1. The van der Waals surface area contributed by atoms with Gasteiger partial charge in [-0.2, -0.15) is 15.1 Å². The minimum Gasteiger partial charge on any atom is -0.377 e. The summed E-state index contributed by atoms with van der Waals surface area (Å²) in [5.74, 6) is -0.437. The van der Waals surface area contributed by atoms with E-state index in [1.165, 1.54) is 16.8 Å². The van der Waals surface area contributed by atoms with Crippen LogP contribution >= 0.6 is 27.7 Å². The molecule has 0 radical (unpaired) electrons. The van der Waals surface area contributed by atoms with Gasteiger partial charge in [0.25, 0.3) is 5.91 Å². The number of anilines is 1. The van der Waals surface area contributed by atoms with E-state index >= 15 is 0 Å². The number of hydrogen-bond donors (Lipinski definition) is 1. The molecular formula is C19H15BrN6OS. The largest absolute Gasteiger partial charge is 0.377 e. The van der Waals surface area contributed by atoms with Crippen LogP contribution in [-0.2, 0) is 4.79 Å². The number of benzene rings is 1. The number of amidine groups is 2. The molecule has 4 rings (SSSR count). The van der Waals surface area contributed by atoms with E-state index in [-0.39, 0.29) is 11.4 Å². The normalized spacial score (nSPS) is 17.5. The van der Waals surface area contributed by atoms with E-state index in [0.717, 1.165) is 21.3 Å². The summed E-state index contributed by atoms with van der Waals surface area (Å²) in [7, 11) is 3.91. The van der Waals surface area contributed by atoms with Crippen molar-refractivity contribution in [2.75, 3.05) is 19.0 Å². The third-order valence-electron chi connectivity index (χ3n) is 4.13. The highest BCUT2D eigenvalue weighted by atomic mass is 79.9. The first-order chi connectivity index (χ1) is 13.4. The lowest BCUT2D eigenvalue weighted by atomic mass is 10.1. The molecule has 0 fully saturated rings. The minimum absolute atomic E-state index is 0.00852. The number of hydrazone groups is 1. The highest BCUT2D eigenvalue weighted by Gasteiger charge is 2.36. The summed E-state index contributed by atoms with van der Waals surface area (Å²) in [5, 5.41) is 15.4. The van der Waals surface area contributed by atoms with E-state index in [2.05, 4.69) is 31.0 Å². The number of nitrogens with zero attached hydrogens (tertiary/aromatic N) is 5. The second kappa shape index (κ2) is 7.33. The summed E-state index contributed by atoms with van der Waals surface area (Å²) in [4.78, 5) is 22.7. The van der Waals surface area contributed by atoms with Crippen LogP contribution in [0.25, 0.3) is 6.08 Å². The van der Waals surface area contributed by atoms with Crippen molar-refractivity contribution in [1.82, 2.24) is 9.99 Å². The van der Waals surface area contributed by atoms with Gasteiger partial charge in [0.15, 0.2) is 5.84 Å². The van der Waals surface area contributed by atoms with Crippen molar-refractivity contribution in [3.8, 4) is 0 Å². The Labute approximate surface area is 174 Å². The van der Waals surface area contributed by atoms with Gasteiger partial charge in [-0.3, -0.25) is 15.2 Å². The first-order valence-electron chi connectivity index (χ1n) is 8.31. The number of carbonyl (C=O) groups excluding carboxylic acids is 1. The van der Waals surface area contributed by atoms with Gasteiger partial charge >= 0.3 is 0 Å². The molecule has 0 saturated carbocycles. The van der Waals surface area contributed by atoms with Crippen molar-refractivity contribution in [2.45, 2.75) is 0 Å². The first kappa shape index (κ1) is 18.6.